The highest BCUT2D eigenvalue weighted by Gasteiger charge is 2.20. The Hall–Kier alpha value is -3.59. The number of nitrogens with zero attached hydrogens (tertiary/aromatic N) is 4. The van der Waals surface area contributed by atoms with E-state index in [9.17, 15) is 4.79 Å². The molecule has 2 aromatic carbocycles. The largest absolute Gasteiger partial charge is 0.465 e. The lowest BCUT2D eigenvalue weighted by atomic mass is 10.2. The van der Waals surface area contributed by atoms with Crippen molar-refractivity contribution < 1.29 is 9.53 Å². The number of aliphatic imine (C=N–C) groups is 1. The van der Waals surface area contributed by atoms with Gasteiger partial charge in [-0.15, -0.1) is 0 Å². The molecular formula is C23H24N6O2S. The number of thioether (sulfide) groups is 1. The molecular weight excluding hydrogens is 424 g/mol. The highest BCUT2D eigenvalue weighted by Crippen LogP contribution is 2.37. The van der Waals surface area contributed by atoms with Crippen LogP contribution in [0.2, 0.25) is 0 Å². The van der Waals surface area contributed by atoms with Gasteiger partial charge in [-0.2, -0.15) is 4.98 Å². The van der Waals surface area contributed by atoms with Crippen LogP contribution in [0.5, 0.6) is 0 Å². The van der Waals surface area contributed by atoms with E-state index in [1.54, 1.807) is 23.9 Å². The maximum atomic E-state index is 11.6. The third-order valence-electron chi connectivity index (χ3n) is 4.97. The van der Waals surface area contributed by atoms with Crippen molar-refractivity contribution in [2.45, 2.75) is 10.8 Å². The van der Waals surface area contributed by atoms with Gasteiger partial charge in [0.15, 0.2) is 5.82 Å². The first-order valence-electron chi connectivity index (χ1n) is 10.1. The second kappa shape index (κ2) is 9.69. The minimum absolute atomic E-state index is 0.230. The average Bonchev–Trinajstić information content (AvgIpc) is 2.83. The predicted octanol–water partition coefficient (Wildman–Crippen LogP) is 3.77. The van der Waals surface area contributed by atoms with Crippen LogP contribution >= 0.6 is 11.8 Å². The number of nitrogens with one attached hydrogen (secondary N) is 1. The summed E-state index contributed by atoms with van der Waals surface area (Å²) in [6, 6.07) is 17.5. The first-order valence-corrected chi connectivity index (χ1v) is 11.1. The second-order valence-corrected chi connectivity index (χ2v) is 8.25. The molecule has 1 aliphatic rings. The Morgan fingerprint density at radius 3 is 2.62 bits per heavy atom. The van der Waals surface area contributed by atoms with Crippen molar-refractivity contribution in [3.05, 3.63) is 65.7 Å². The Morgan fingerprint density at radius 1 is 1.16 bits per heavy atom. The lowest BCUT2D eigenvalue weighted by molar-refractivity contribution is 0.0600. The number of fused-ring (bicyclic) bond motifs is 1. The fourth-order valence-corrected chi connectivity index (χ4v) is 4.24. The number of nitrogen functional groups attached to an aromatic ring is 1. The number of hydrogen-bond acceptors (Lipinski definition) is 9. The van der Waals surface area contributed by atoms with Gasteiger partial charge in [0.1, 0.15) is 10.7 Å². The molecule has 4 rings (SSSR count). The van der Waals surface area contributed by atoms with Gasteiger partial charge in [-0.1, -0.05) is 42.1 Å². The molecule has 0 spiro atoms. The third-order valence-corrected chi connectivity index (χ3v) is 6.00. The van der Waals surface area contributed by atoms with Crippen LogP contribution in [0.3, 0.4) is 0 Å². The molecule has 0 saturated heterocycles. The summed E-state index contributed by atoms with van der Waals surface area (Å²) in [4.78, 5) is 27.3. The normalized spacial score (nSPS) is 12.4. The zero-order valence-corrected chi connectivity index (χ0v) is 18.7. The highest BCUT2D eigenvalue weighted by atomic mass is 32.2. The van der Waals surface area contributed by atoms with E-state index in [4.69, 9.17) is 15.5 Å². The number of esters is 1. The molecule has 1 aromatic heterocycles. The average molecular weight is 449 g/mol. The Labute approximate surface area is 190 Å². The summed E-state index contributed by atoms with van der Waals surface area (Å²) in [5.41, 5.74) is 10.3. The minimum Gasteiger partial charge on any atom is -0.465 e. The van der Waals surface area contributed by atoms with Crippen LogP contribution in [-0.4, -0.2) is 48.9 Å². The molecule has 0 aliphatic carbocycles. The number of carbonyl (C=O) groups is 1. The topological polar surface area (TPSA) is 106 Å². The Bertz CT molecular complexity index is 1140. The smallest absolute Gasteiger partial charge is 0.337 e. The summed E-state index contributed by atoms with van der Waals surface area (Å²) >= 11 is 1.59. The fraction of sp³-hybridized carbons (Fsp3) is 0.217. The van der Waals surface area contributed by atoms with Crippen molar-refractivity contribution >= 4 is 46.6 Å². The van der Waals surface area contributed by atoms with Crippen LogP contribution in [0.25, 0.3) is 0 Å². The van der Waals surface area contributed by atoms with E-state index in [1.165, 1.54) is 12.7 Å². The van der Waals surface area contributed by atoms with Crippen LogP contribution in [0.1, 0.15) is 15.9 Å². The van der Waals surface area contributed by atoms with Gasteiger partial charge in [0, 0.05) is 18.5 Å². The van der Waals surface area contributed by atoms with E-state index in [0.717, 1.165) is 27.9 Å². The van der Waals surface area contributed by atoms with Crippen LogP contribution in [-0.2, 0) is 10.5 Å². The molecule has 0 fully saturated rings. The van der Waals surface area contributed by atoms with Crippen molar-refractivity contribution in [3.8, 4) is 0 Å². The van der Waals surface area contributed by atoms with Crippen molar-refractivity contribution in [1.29, 1.82) is 0 Å². The number of anilines is 3. The summed E-state index contributed by atoms with van der Waals surface area (Å²) in [7, 11) is 3.36. The number of nitrogens with two attached hydrogens (primary N) is 1. The van der Waals surface area contributed by atoms with Gasteiger partial charge in [0.05, 0.1) is 31.5 Å². The fourth-order valence-electron chi connectivity index (χ4n) is 3.31. The van der Waals surface area contributed by atoms with E-state index >= 15 is 0 Å². The number of ether oxygens (including phenoxy) is 1. The van der Waals surface area contributed by atoms with E-state index in [-0.39, 0.29) is 11.9 Å². The number of carbonyl (C=O) groups excluding carboxylic acids is 1. The zero-order valence-electron chi connectivity index (χ0n) is 17.9. The van der Waals surface area contributed by atoms with Crippen molar-refractivity contribution in [1.82, 2.24) is 9.97 Å². The SMILES string of the molecule is COC(=O)c1ccc(N(C)CC2=Nc3c(nc(N)nc3SCc3ccccc3)NC2)cc1. The molecule has 3 N–H and O–H groups in total. The van der Waals surface area contributed by atoms with Gasteiger partial charge in [-0.3, -0.25) is 0 Å². The molecule has 164 valence electrons. The van der Waals surface area contributed by atoms with Gasteiger partial charge >= 0.3 is 5.97 Å². The molecule has 0 saturated carbocycles. The van der Waals surface area contributed by atoms with E-state index in [2.05, 4.69) is 32.3 Å². The van der Waals surface area contributed by atoms with Crippen molar-refractivity contribution in [3.63, 3.8) is 0 Å². The summed E-state index contributed by atoms with van der Waals surface area (Å²) in [6.45, 7) is 1.17. The molecule has 0 unspecified atom stereocenters. The number of rotatable bonds is 7. The lowest BCUT2D eigenvalue weighted by Gasteiger charge is -2.24. The third kappa shape index (κ3) is 5.00. The Balaban J connectivity index is 1.51. The molecule has 2 heterocycles. The van der Waals surface area contributed by atoms with E-state index in [0.29, 0.717) is 24.5 Å². The molecule has 0 radical (unpaired) electrons. The molecule has 0 amide bonds. The number of methoxy groups -OCH3 is 1. The van der Waals surface area contributed by atoms with Crippen LogP contribution < -0.4 is 16.0 Å². The maximum Gasteiger partial charge on any atom is 0.337 e. The first-order chi connectivity index (χ1) is 15.5. The number of benzene rings is 2. The second-order valence-electron chi connectivity index (χ2n) is 7.28. The monoisotopic (exact) mass is 448 g/mol. The maximum absolute atomic E-state index is 11.6. The lowest BCUT2D eigenvalue weighted by Crippen LogP contribution is -2.31. The Morgan fingerprint density at radius 2 is 1.91 bits per heavy atom. The summed E-state index contributed by atoms with van der Waals surface area (Å²) in [5.74, 6) is 1.30. The summed E-state index contributed by atoms with van der Waals surface area (Å²) < 4.78 is 4.76. The molecule has 3 aromatic rings. The van der Waals surface area contributed by atoms with Gasteiger partial charge < -0.3 is 20.7 Å². The zero-order chi connectivity index (χ0) is 22.5. The predicted molar refractivity (Wildman–Crippen MR) is 129 cm³/mol. The van der Waals surface area contributed by atoms with Crippen LogP contribution in [0.4, 0.5) is 23.1 Å². The van der Waals surface area contributed by atoms with E-state index < -0.39 is 0 Å². The Kier molecular flexibility index (Phi) is 6.55. The van der Waals surface area contributed by atoms with Gasteiger partial charge in [0.25, 0.3) is 0 Å². The summed E-state index contributed by atoms with van der Waals surface area (Å²) in [5, 5.41) is 4.07. The van der Waals surface area contributed by atoms with E-state index in [1.807, 2.05) is 37.4 Å². The number of aromatic nitrogens is 2. The standard InChI is InChI=1S/C23H24N6O2S/c1-29(18-10-8-16(9-11-18)22(30)31-2)13-17-12-25-20-19(26-17)21(28-23(24)27-20)32-14-15-6-4-3-5-7-15/h3-11H,12-14H2,1-2H3,(H3,24,25,27,28). The number of hydrogen-bond donors (Lipinski definition) is 2. The van der Waals surface area contributed by atoms with Gasteiger partial charge in [0.2, 0.25) is 5.95 Å². The van der Waals surface area contributed by atoms with Gasteiger partial charge in [-0.05, 0) is 29.8 Å². The first kappa shape index (κ1) is 21.6. The van der Waals surface area contributed by atoms with Gasteiger partial charge in [-0.25, -0.2) is 14.8 Å². The molecule has 0 atom stereocenters. The molecule has 0 bridgehead atoms. The quantitative estimate of drug-likeness (QED) is 0.320. The van der Waals surface area contributed by atoms with Crippen LogP contribution in [0.15, 0.2) is 64.6 Å². The van der Waals surface area contributed by atoms with Crippen molar-refractivity contribution in [2.75, 3.05) is 43.2 Å². The molecule has 32 heavy (non-hydrogen) atoms. The minimum atomic E-state index is -0.350. The van der Waals surface area contributed by atoms with Crippen LogP contribution in [0, 0.1) is 0 Å². The highest BCUT2D eigenvalue weighted by molar-refractivity contribution is 7.98. The molecule has 8 nitrogen and oxygen atoms in total. The summed E-state index contributed by atoms with van der Waals surface area (Å²) in [6.07, 6.45) is 0. The molecule has 1 aliphatic heterocycles. The molecule has 9 heteroatoms. The van der Waals surface area contributed by atoms with Crippen molar-refractivity contribution in [2.24, 2.45) is 4.99 Å².